The highest BCUT2D eigenvalue weighted by Gasteiger charge is 2.11. The lowest BCUT2D eigenvalue weighted by molar-refractivity contribution is 0.975. The van der Waals surface area contributed by atoms with Gasteiger partial charge in [0, 0.05) is 12.2 Å². The highest BCUT2D eigenvalue weighted by molar-refractivity contribution is 6.32. The van der Waals surface area contributed by atoms with Gasteiger partial charge in [0.1, 0.15) is 5.82 Å². The molecule has 0 saturated heterocycles. The highest BCUT2D eigenvalue weighted by atomic mass is 35.5. The molecule has 0 amide bonds. The van der Waals surface area contributed by atoms with E-state index in [2.05, 4.69) is 41.9 Å². The largest absolute Gasteiger partial charge is 0.327 e. The number of hydrogen-bond acceptors (Lipinski definition) is 2. The molecule has 0 N–H and O–H groups in total. The van der Waals surface area contributed by atoms with E-state index in [1.54, 1.807) is 0 Å². The second-order valence-corrected chi connectivity index (χ2v) is 4.99. The molecule has 0 unspecified atom stereocenters. The molecule has 0 aliphatic carbocycles. The number of halogens is 2. The van der Waals surface area contributed by atoms with E-state index in [-0.39, 0.29) is 0 Å². The van der Waals surface area contributed by atoms with Gasteiger partial charge in [-0.15, -0.1) is 11.6 Å². The summed E-state index contributed by atoms with van der Waals surface area (Å²) in [7, 11) is 0. The van der Waals surface area contributed by atoms with Gasteiger partial charge in [0.15, 0.2) is 0 Å². The lowest BCUT2D eigenvalue weighted by Crippen LogP contribution is -2.17. The standard InChI is InChI=1S/C15H16Cl2N2/c1-3-19(12-6-4-5-11(2)9-12)15-8-7-13(17)14(10-16)18-15/h4-9H,3,10H2,1-2H3. The molecule has 0 spiro atoms. The SMILES string of the molecule is CCN(c1cccc(C)c1)c1ccc(Cl)c(CCl)n1. The summed E-state index contributed by atoms with van der Waals surface area (Å²) in [6.45, 7) is 5.01. The minimum absolute atomic E-state index is 0.318. The van der Waals surface area contributed by atoms with Gasteiger partial charge < -0.3 is 4.90 Å². The monoisotopic (exact) mass is 294 g/mol. The summed E-state index contributed by atoms with van der Waals surface area (Å²) in [5.74, 6) is 1.19. The topological polar surface area (TPSA) is 16.1 Å². The van der Waals surface area contributed by atoms with Crippen LogP contribution in [-0.4, -0.2) is 11.5 Å². The molecule has 100 valence electrons. The molecule has 0 saturated carbocycles. The van der Waals surface area contributed by atoms with Crippen LogP contribution in [0.2, 0.25) is 5.02 Å². The first-order valence-electron chi connectivity index (χ1n) is 6.21. The maximum absolute atomic E-state index is 6.05. The zero-order valence-electron chi connectivity index (χ0n) is 11.0. The molecule has 0 bridgehead atoms. The van der Waals surface area contributed by atoms with Crippen molar-refractivity contribution in [2.24, 2.45) is 0 Å². The van der Waals surface area contributed by atoms with Gasteiger partial charge in [-0.05, 0) is 43.7 Å². The average Bonchev–Trinajstić information content (AvgIpc) is 2.41. The van der Waals surface area contributed by atoms with Crippen LogP contribution in [0.5, 0.6) is 0 Å². The molecule has 1 heterocycles. The van der Waals surface area contributed by atoms with Crippen molar-refractivity contribution in [1.29, 1.82) is 0 Å². The molecular weight excluding hydrogens is 279 g/mol. The lowest BCUT2D eigenvalue weighted by atomic mass is 10.2. The van der Waals surface area contributed by atoms with Crippen LogP contribution in [0.25, 0.3) is 0 Å². The molecule has 4 heteroatoms. The zero-order chi connectivity index (χ0) is 13.8. The molecule has 1 aromatic carbocycles. The molecule has 0 atom stereocenters. The number of alkyl halides is 1. The summed E-state index contributed by atoms with van der Waals surface area (Å²) in [6.07, 6.45) is 0. The number of aryl methyl sites for hydroxylation is 1. The zero-order valence-corrected chi connectivity index (χ0v) is 12.5. The molecule has 2 rings (SSSR count). The van der Waals surface area contributed by atoms with E-state index in [0.29, 0.717) is 16.6 Å². The Hall–Kier alpha value is -1.25. The van der Waals surface area contributed by atoms with Crippen molar-refractivity contribution in [2.75, 3.05) is 11.4 Å². The van der Waals surface area contributed by atoms with Crippen molar-refractivity contribution in [3.05, 3.63) is 52.7 Å². The van der Waals surface area contributed by atoms with E-state index in [1.807, 2.05) is 18.2 Å². The number of nitrogens with zero attached hydrogens (tertiary/aromatic N) is 2. The van der Waals surface area contributed by atoms with Gasteiger partial charge in [-0.2, -0.15) is 0 Å². The first-order chi connectivity index (χ1) is 9.15. The van der Waals surface area contributed by atoms with Crippen LogP contribution >= 0.6 is 23.2 Å². The van der Waals surface area contributed by atoms with Gasteiger partial charge in [-0.1, -0.05) is 23.7 Å². The Balaban J connectivity index is 2.42. The van der Waals surface area contributed by atoms with Crippen molar-refractivity contribution in [2.45, 2.75) is 19.7 Å². The second-order valence-electron chi connectivity index (χ2n) is 4.31. The third-order valence-corrected chi connectivity index (χ3v) is 3.53. The van der Waals surface area contributed by atoms with E-state index < -0.39 is 0 Å². The van der Waals surface area contributed by atoms with Gasteiger partial charge in [-0.25, -0.2) is 4.98 Å². The number of rotatable bonds is 4. The van der Waals surface area contributed by atoms with Crippen LogP contribution in [0, 0.1) is 6.92 Å². The number of benzene rings is 1. The predicted molar refractivity (Wildman–Crippen MR) is 82.7 cm³/mol. The smallest absolute Gasteiger partial charge is 0.133 e. The van der Waals surface area contributed by atoms with Crippen molar-refractivity contribution in [3.8, 4) is 0 Å². The fourth-order valence-electron chi connectivity index (χ4n) is 1.99. The van der Waals surface area contributed by atoms with Crippen LogP contribution in [0.1, 0.15) is 18.2 Å². The lowest BCUT2D eigenvalue weighted by Gasteiger charge is -2.23. The average molecular weight is 295 g/mol. The normalized spacial score (nSPS) is 10.5. The number of anilines is 2. The maximum Gasteiger partial charge on any atom is 0.133 e. The summed E-state index contributed by atoms with van der Waals surface area (Å²) >= 11 is 11.9. The number of aromatic nitrogens is 1. The third kappa shape index (κ3) is 3.20. The molecule has 2 nitrogen and oxygen atoms in total. The minimum atomic E-state index is 0.318. The van der Waals surface area contributed by atoms with Crippen molar-refractivity contribution >= 4 is 34.7 Å². The van der Waals surface area contributed by atoms with Gasteiger partial charge in [-0.3, -0.25) is 0 Å². The van der Waals surface area contributed by atoms with Crippen molar-refractivity contribution < 1.29 is 0 Å². The predicted octanol–water partition coefficient (Wildman–Crippen LogP) is 4.94. The fourth-order valence-corrected chi connectivity index (χ4v) is 2.43. The molecule has 0 aliphatic rings. The van der Waals surface area contributed by atoms with Gasteiger partial charge in [0.2, 0.25) is 0 Å². The first-order valence-corrected chi connectivity index (χ1v) is 7.12. The number of hydrogen-bond donors (Lipinski definition) is 0. The Kier molecular flexibility index (Phi) is 4.67. The van der Waals surface area contributed by atoms with E-state index in [9.17, 15) is 0 Å². The molecule has 1 aromatic heterocycles. The number of pyridine rings is 1. The van der Waals surface area contributed by atoms with E-state index in [1.165, 1.54) is 5.56 Å². The maximum atomic E-state index is 6.05. The Morgan fingerprint density at radius 1 is 1.21 bits per heavy atom. The van der Waals surface area contributed by atoms with E-state index in [0.717, 1.165) is 18.1 Å². The Bertz CT molecular complexity index is 570. The highest BCUT2D eigenvalue weighted by Crippen LogP contribution is 2.27. The summed E-state index contributed by atoms with van der Waals surface area (Å²) in [5, 5.41) is 0.610. The Morgan fingerprint density at radius 3 is 2.63 bits per heavy atom. The third-order valence-electron chi connectivity index (χ3n) is 2.94. The summed E-state index contributed by atoms with van der Waals surface area (Å²) < 4.78 is 0. The molecule has 0 radical (unpaired) electrons. The quantitative estimate of drug-likeness (QED) is 0.743. The molecular formula is C15H16Cl2N2. The van der Waals surface area contributed by atoms with Crippen LogP contribution in [0.15, 0.2) is 36.4 Å². The van der Waals surface area contributed by atoms with Crippen molar-refractivity contribution in [3.63, 3.8) is 0 Å². The second kappa shape index (κ2) is 6.27. The van der Waals surface area contributed by atoms with Crippen LogP contribution < -0.4 is 4.90 Å². The summed E-state index contributed by atoms with van der Waals surface area (Å²) in [6, 6.07) is 12.1. The van der Waals surface area contributed by atoms with Gasteiger partial charge >= 0.3 is 0 Å². The molecule has 0 fully saturated rings. The first kappa shape index (κ1) is 14.2. The van der Waals surface area contributed by atoms with Crippen molar-refractivity contribution in [1.82, 2.24) is 4.98 Å². The Morgan fingerprint density at radius 2 is 2.00 bits per heavy atom. The molecule has 0 aliphatic heterocycles. The van der Waals surface area contributed by atoms with Crippen LogP contribution in [-0.2, 0) is 5.88 Å². The van der Waals surface area contributed by atoms with Gasteiger partial charge in [0.05, 0.1) is 16.6 Å². The van der Waals surface area contributed by atoms with Crippen LogP contribution in [0.3, 0.4) is 0 Å². The van der Waals surface area contributed by atoms with E-state index >= 15 is 0 Å². The molecule has 2 aromatic rings. The summed E-state index contributed by atoms with van der Waals surface area (Å²) in [5.41, 5.74) is 3.06. The Labute approximate surface area is 124 Å². The van der Waals surface area contributed by atoms with Gasteiger partial charge in [0.25, 0.3) is 0 Å². The molecule has 19 heavy (non-hydrogen) atoms. The van der Waals surface area contributed by atoms with E-state index in [4.69, 9.17) is 23.2 Å². The van der Waals surface area contributed by atoms with Crippen LogP contribution in [0.4, 0.5) is 11.5 Å². The summed E-state index contributed by atoms with van der Waals surface area (Å²) in [4.78, 5) is 6.67. The fraction of sp³-hybridized carbons (Fsp3) is 0.267. The minimum Gasteiger partial charge on any atom is -0.327 e.